The van der Waals surface area contributed by atoms with E-state index in [0.29, 0.717) is 38.9 Å². The maximum atomic E-state index is 12.7. The van der Waals surface area contributed by atoms with Gasteiger partial charge in [0.2, 0.25) is 5.91 Å². The average molecular weight is 352 g/mol. The predicted octanol–water partition coefficient (Wildman–Crippen LogP) is 0.159. The van der Waals surface area contributed by atoms with E-state index in [4.69, 9.17) is 4.74 Å². The Balaban J connectivity index is 2.02. The van der Waals surface area contributed by atoms with Crippen LogP contribution in [-0.2, 0) is 23.1 Å². The SMILES string of the molecule is CC(C)N(C)CC(=O)N1Cc2nnn(C)c2C(COCCN(C)C)C1. The number of aryl methyl sites for hydroxylation is 1. The number of amides is 1. The van der Waals surface area contributed by atoms with Gasteiger partial charge < -0.3 is 14.5 Å². The quantitative estimate of drug-likeness (QED) is 0.621. The van der Waals surface area contributed by atoms with Crippen molar-refractivity contribution in [2.75, 3.05) is 54.0 Å². The molecule has 8 nitrogen and oxygen atoms in total. The Morgan fingerprint density at radius 2 is 2.08 bits per heavy atom. The number of rotatable bonds is 8. The van der Waals surface area contributed by atoms with Crippen LogP contribution in [0.2, 0.25) is 0 Å². The molecule has 8 heteroatoms. The topological polar surface area (TPSA) is 66.7 Å². The first-order chi connectivity index (χ1) is 11.8. The molecular formula is C17H32N6O2. The fraction of sp³-hybridized carbons (Fsp3) is 0.824. The minimum absolute atomic E-state index is 0.110. The Bertz CT molecular complexity index is 571. The summed E-state index contributed by atoms with van der Waals surface area (Å²) in [7, 11) is 7.93. The van der Waals surface area contributed by atoms with Gasteiger partial charge in [0.05, 0.1) is 32.0 Å². The van der Waals surface area contributed by atoms with Gasteiger partial charge in [-0.15, -0.1) is 5.10 Å². The van der Waals surface area contributed by atoms with E-state index >= 15 is 0 Å². The van der Waals surface area contributed by atoms with Crippen LogP contribution in [0, 0.1) is 0 Å². The van der Waals surface area contributed by atoms with Gasteiger partial charge in [0, 0.05) is 32.1 Å². The van der Waals surface area contributed by atoms with Crippen molar-refractivity contribution >= 4 is 5.91 Å². The third kappa shape index (κ3) is 5.23. The molecule has 1 atom stereocenters. The monoisotopic (exact) mass is 352 g/mol. The van der Waals surface area contributed by atoms with Crippen LogP contribution in [0.3, 0.4) is 0 Å². The van der Waals surface area contributed by atoms with Gasteiger partial charge in [-0.25, -0.2) is 0 Å². The first kappa shape index (κ1) is 19.8. The minimum atomic E-state index is 0.110. The van der Waals surface area contributed by atoms with Crippen molar-refractivity contribution in [1.29, 1.82) is 0 Å². The van der Waals surface area contributed by atoms with Crippen LogP contribution in [-0.4, -0.2) is 95.6 Å². The number of hydrogen-bond donors (Lipinski definition) is 0. The second kappa shape index (κ2) is 8.73. The molecule has 2 heterocycles. The van der Waals surface area contributed by atoms with E-state index < -0.39 is 0 Å². The maximum absolute atomic E-state index is 12.7. The second-order valence-corrected chi connectivity index (χ2v) is 7.40. The third-order valence-corrected chi connectivity index (χ3v) is 4.73. The molecule has 0 fully saturated rings. The van der Waals surface area contributed by atoms with Gasteiger partial charge in [0.1, 0.15) is 5.69 Å². The normalized spacial score (nSPS) is 17.6. The average Bonchev–Trinajstić information content (AvgIpc) is 2.92. The summed E-state index contributed by atoms with van der Waals surface area (Å²) >= 11 is 0. The Morgan fingerprint density at radius 3 is 2.72 bits per heavy atom. The molecule has 1 aliphatic rings. The summed E-state index contributed by atoms with van der Waals surface area (Å²) in [6.45, 7) is 7.91. The van der Waals surface area contributed by atoms with Crippen LogP contribution in [0.15, 0.2) is 0 Å². The zero-order valence-electron chi connectivity index (χ0n) is 16.4. The number of carbonyl (C=O) groups is 1. The Labute approximate surface area is 150 Å². The maximum Gasteiger partial charge on any atom is 0.237 e. The molecule has 25 heavy (non-hydrogen) atoms. The molecule has 0 aliphatic carbocycles. The summed E-state index contributed by atoms with van der Waals surface area (Å²) in [6, 6.07) is 0.339. The number of likely N-dealkylation sites (N-methyl/N-ethyl adjacent to an activating group) is 2. The zero-order valence-corrected chi connectivity index (χ0v) is 16.4. The molecule has 1 aliphatic heterocycles. The highest BCUT2D eigenvalue weighted by Gasteiger charge is 2.32. The van der Waals surface area contributed by atoms with Crippen LogP contribution in [0.4, 0.5) is 0 Å². The third-order valence-electron chi connectivity index (χ3n) is 4.73. The molecule has 0 radical (unpaired) electrons. The molecule has 142 valence electrons. The Morgan fingerprint density at radius 1 is 1.36 bits per heavy atom. The molecular weight excluding hydrogens is 320 g/mol. The fourth-order valence-electron chi connectivity index (χ4n) is 2.91. The van der Waals surface area contributed by atoms with Crippen molar-refractivity contribution in [2.45, 2.75) is 32.4 Å². The molecule has 0 spiro atoms. The minimum Gasteiger partial charge on any atom is -0.379 e. The molecule has 0 bridgehead atoms. The molecule has 1 amide bonds. The van der Waals surface area contributed by atoms with Gasteiger partial charge >= 0.3 is 0 Å². The summed E-state index contributed by atoms with van der Waals surface area (Å²) in [5.74, 6) is 0.241. The first-order valence-electron chi connectivity index (χ1n) is 8.88. The van der Waals surface area contributed by atoms with Gasteiger partial charge in [-0.2, -0.15) is 0 Å². The van der Waals surface area contributed by atoms with Crippen molar-refractivity contribution in [2.24, 2.45) is 7.05 Å². The Hall–Kier alpha value is -1.51. The molecule has 0 saturated heterocycles. The van der Waals surface area contributed by atoms with Gasteiger partial charge in [0.25, 0.3) is 0 Å². The van der Waals surface area contributed by atoms with E-state index in [0.717, 1.165) is 17.9 Å². The highest BCUT2D eigenvalue weighted by Crippen LogP contribution is 2.27. The number of aromatic nitrogens is 3. The predicted molar refractivity (Wildman–Crippen MR) is 96.3 cm³/mol. The summed E-state index contributed by atoms with van der Waals surface area (Å²) in [5, 5.41) is 8.39. The molecule has 1 unspecified atom stereocenters. The van der Waals surface area contributed by atoms with Gasteiger partial charge in [-0.3, -0.25) is 14.4 Å². The lowest BCUT2D eigenvalue weighted by atomic mass is 9.99. The number of ether oxygens (including phenoxy) is 1. The van der Waals surface area contributed by atoms with Gasteiger partial charge in [0.15, 0.2) is 0 Å². The van der Waals surface area contributed by atoms with Crippen LogP contribution in [0.25, 0.3) is 0 Å². The van der Waals surface area contributed by atoms with Crippen LogP contribution >= 0.6 is 0 Å². The van der Waals surface area contributed by atoms with E-state index in [9.17, 15) is 4.79 Å². The Kier molecular flexibility index (Phi) is 6.92. The summed E-state index contributed by atoms with van der Waals surface area (Å²) in [4.78, 5) is 18.7. The van der Waals surface area contributed by atoms with E-state index in [1.54, 1.807) is 0 Å². The van der Waals surface area contributed by atoms with Crippen molar-refractivity contribution < 1.29 is 9.53 Å². The van der Waals surface area contributed by atoms with Gasteiger partial charge in [-0.05, 0) is 35.0 Å². The van der Waals surface area contributed by atoms with Crippen molar-refractivity contribution in [1.82, 2.24) is 29.7 Å². The molecule has 1 aromatic rings. The van der Waals surface area contributed by atoms with E-state index in [-0.39, 0.29) is 11.8 Å². The van der Waals surface area contributed by atoms with Crippen LogP contribution in [0.5, 0.6) is 0 Å². The number of carbonyl (C=O) groups excluding carboxylic acids is 1. The van der Waals surface area contributed by atoms with Crippen molar-refractivity contribution in [3.05, 3.63) is 11.4 Å². The van der Waals surface area contributed by atoms with Crippen LogP contribution < -0.4 is 0 Å². The van der Waals surface area contributed by atoms with E-state index in [1.807, 2.05) is 37.8 Å². The molecule has 1 aromatic heterocycles. The summed E-state index contributed by atoms with van der Waals surface area (Å²) < 4.78 is 7.67. The largest absolute Gasteiger partial charge is 0.379 e. The summed E-state index contributed by atoms with van der Waals surface area (Å²) in [6.07, 6.45) is 0. The van der Waals surface area contributed by atoms with Crippen molar-refractivity contribution in [3.63, 3.8) is 0 Å². The smallest absolute Gasteiger partial charge is 0.237 e. The molecule has 0 aromatic carbocycles. The highest BCUT2D eigenvalue weighted by atomic mass is 16.5. The van der Waals surface area contributed by atoms with E-state index in [2.05, 4.69) is 34.0 Å². The van der Waals surface area contributed by atoms with E-state index in [1.165, 1.54) is 0 Å². The first-order valence-corrected chi connectivity index (χ1v) is 8.88. The highest BCUT2D eigenvalue weighted by molar-refractivity contribution is 5.78. The lowest BCUT2D eigenvalue weighted by Gasteiger charge is -2.33. The zero-order chi connectivity index (χ0) is 18.6. The summed E-state index contributed by atoms with van der Waals surface area (Å²) in [5.41, 5.74) is 1.97. The lowest BCUT2D eigenvalue weighted by molar-refractivity contribution is -0.134. The number of fused-ring (bicyclic) bond motifs is 1. The molecule has 2 rings (SSSR count). The van der Waals surface area contributed by atoms with Crippen LogP contribution in [0.1, 0.15) is 31.2 Å². The standard InChI is InChI=1S/C17H32N6O2/c1-13(2)21(5)11-16(24)23-9-14(12-25-8-7-20(3)4)17-15(10-23)18-19-22(17)6/h13-14H,7-12H2,1-6H3. The molecule has 0 N–H and O–H groups in total. The number of nitrogens with zero attached hydrogens (tertiary/aromatic N) is 6. The lowest BCUT2D eigenvalue weighted by Crippen LogP contribution is -2.45. The van der Waals surface area contributed by atoms with Gasteiger partial charge in [-0.1, -0.05) is 5.21 Å². The van der Waals surface area contributed by atoms with Crippen molar-refractivity contribution in [3.8, 4) is 0 Å². The second-order valence-electron chi connectivity index (χ2n) is 7.40. The number of hydrogen-bond acceptors (Lipinski definition) is 6. The molecule has 0 saturated carbocycles. The fourth-order valence-corrected chi connectivity index (χ4v) is 2.91.